The zero-order valence-electron chi connectivity index (χ0n) is 14.1. The van der Waals surface area contributed by atoms with Gasteiger partial charge in [0, 0.05) is 23.1 Å². The molecule has 0 amide bonds. The number of aryl methyl sites for hydroxylation is 2. The van der Waals surface area contributed by atoms with Crippen molar-refractivity contribution in [3.63, 3.8) is 0 Å². The molecule has 0 spiro atoms. The number of aromatic nitrogens is 2. The number of anilines is 4. The molecule has 4 heteroatoms. The van der Waals surface area contributed by atoms with E-state index in [9.17, 15) is 0 Å². The summed E-state index contributed by atoms with van der Waals surface area (Å²) in [5.41, 5.74) is 4.36. The van der Waals surface area contributed by atoms with Crippen molar-refractivity contribution in [2.75, 3.05) is 10.6 Å². The topological polar surface area (TPSA) is 49.8 Å². The molecule has 24 heavy (non-hydrogen) atoms. The third-order valence-corrected chi connectivity index (χ3v) is 3.76. The van der Waals surface area contributed by atoms with Gasteiger partial charge in [-0.3, -0.25) is 0 Å². The molecular formula is C20H22N4. The van der Waals surface area contributed by atoms with Crippen molar-refractivity contribution in [1.82, 2.24) is 9.97 Å². The molecule has 1 aromatic heterocycles. The molecule has 0 aliphatic carbocycles. The first-order valence-electron chi connectivity index (χ1n) is 8.26. The van der Waals surface area contributed by atoms with Gasteiger partial charge in [-0.15, -0.1) is 0 Å². The number of hydrogen-bond donors (Lipinski definition) is 2. The van der Waals surface area contributed by atoms with E-state index in [1.54, 1.807) is 0 Å². The van der Waals surface area contributed by atoms with E-state index >= 15 is 0 Å². The van der Waals surface area contributed by atoms with E-state index in [1.165, 1.54) is 5.56 Å². The predicted molar refractivity (Wildman–Crippen MR) is 100 cm³/mol. The van der Waals surface area contributed by atoms with Crippen LogP contribution in [0.15, 0.2) is 60.8 Å². The van der Waals surface area contributed by atoms with Gasteiger partial charge >= 0.3 is 0 Å². The summed E-state index contributed by atoms with van der Waals surface area (Å²) in [4.78, 5) is 8.94. The fraction of sp³-hybridized carbons (Fsp3) is 0.200. The summed E-state index contributed by atoms with van der Waals surface area (Å²) in [5.74, 6) is 1.39. The summed E-state index contributed by atoms with van der Waals surface area (Å²) in [7, 11) is 0. The molecule has 122 valence electrons. The molecule has 0 saturated carbocycles. The first-order chi connectivity index (χ1) is 11.7. The van der Waals surface area contributed by atoms with Crippen LogP contribution in [0.2, 0.25) is 0 Å². The lowest BCUT2D eigenvalue weighted by molar-refractivity contribution is 0.922. The largest absolute Gasteiger partial charge is 0.340 e. The molecule has 0 saturated heterocycles. The lowest BCUT2D eigenvalue weighted by Crippen LogP contribution is -2.02. The molecular weight excluding hydrogens is 296 g/mol. The summed E-state index contributed by atoms with van der Waals surface area (Å²) in [6, 6.07) is 18.4. The maximum absolute atomic E-state index is 4.59. The van der Waals surface area contributed by atoms with Gasteiger partial charge in [-0.1, -0.05) is 43.7 Å². The molecule has 3 rings (SSSR count). The van der Waals surface area contributed by atoms with Crippen molar-refractivity contribution in [3.8, 4) is 0 Å². The molecule has 0 atom stereocenters. The Morgan fingerprint density at radius 2 is 1.58 bits per heavy atom. The molecule has 0 aliphatic heterocycles. The fourth-order valence-electron chi connectivity index (χ4n) is 2.46. The molecule has 3 aromatic rings. The number of nitrogens with zero attached hydrogens (tertiary/aromatic N) is 2. The quantitative estimate of drug-likeness (QED) is 0.654. The fourth-order valence-corrected chi connectivity index (χ4v) is 2.46. The van der Waals surface area contributed by atoms with Gasteiger partial charge in [-0.2, -0.15) is 4.98 Å². The summed E-state index contributed by atoms with van der Waals surface area (Å²) in [6.45, 7) is 4.19. The monoisotopic (exact) mass is 318 g/mol. The van der Waals surface area contributed by atoms with Crippen molar-refractivity contribution in [1.29, 1.82) is 0 Å². The Hall–Kier alpha value is -2.88. The summed E-state index contributed by atoms with van der Waals surface area (Å²) in [6.07, 6.45) is 4.09. The van der Waals surface area contributed by atoms with Crippen LogP contribution < -0.4 is 10.6 Å². The number of nitrogens with one attached hydrogen (secondary N) is 2. The highest BCUT2D eigenvalue weighted by molar-refractivity contribution is 5.62. The van der Waals surface area contributed by atoms with Crippen molar-refractivity contribution in [2.24, 2.45) is 0 Å². The van der Waals surface area contributed by atoms with Gasteiger partial charge in [0.15, 0.2) is 0 Å². The SMILES string of the molecule is CCCc1ccc(Nc2nc(Nc3ccccc3)ncc2C)cc1. The van der Waals surface area contributed by atoms with Gasteiger partial charge in [0.2, 0.25) is 5.95 Å². The number of rotatable bonds is 6. The molecule has 0 bridgehead atoms. The third-order valence-electron chi connectivity index (χ3n) is 3.76. The minimum absolute atomic E-state index is 0.580. The van der Waals surface area contributed by atoms with Gasteiger partial charge in [0.05, 0.1) is 0 Å². The normalized spacial score (nSPS) is 10.4. The average molecular weight is 318 g/mol. The average Bonchev–Trinajstić information content (AvgIpc) is 2.61. The van der Waals surface area contributed by atoms with E-state index in [-0.39, 0.29) is 0 Å². The zero-order valence-corrected chi connectivity index (χ0v) is 14.1. The maximum Gasteiger partial charge on any atom is 0.229 e. The van der Waals surface area contributed by atoms with Crippen LogP contribution in [0.3, 0.4) is 0 Å². The lowest BCUT2D eigenvalue weighted by Gasteiger charge is -2.11. The number of hydrogen-bond acceptors (Lipinski definition) is 4. The third kappa shape index (κ3) is 4.10. The smallest absolute Gasteiger partial charge is 0.229 e. The van der Waals surface area contributed by atoms with Crippen LogP contribution in [0, 0.1) is 6.92 Å². The second-order valence-electron chi connectivity index (χ2n) is 5.79. The van der Waals surface area contributed by atoms with Crippen LogP contribution in [-0.2, 0) is 6.42 Å². The van der Waals surface area contributed by atoms with Gasteiger partial charge in [0.1, 0.15) is 5.82 Å². The van der Waals surface area contributed by atoms with E-state index in [0.29, 0.717) is 5.95 Å². The Balaban J connectivity index is 1.76. The van der Waals surface area contributed by atoms with E-state index in [4.69, 9.17) is 0 Å². The van der Waals surface area contributed by atoms with Crippen LogP contribution in [0.25, 0.3) is 0 Å². The highest BCUT2D eigenvalue weighted by atomic mass is 15.1. The number of benzene rings is 2. The Bertz CT molecular complexity index is 782. The molecule has 0 unspecified atom stereocenters. The molecule has 1 heterocycles. The summed E-state index contributed by atoms with van der Waals surface area (Å²) in [5, 5.41) is 6.60. The van der Waals surface area contributed by atoms with Gasteiger partial charge in [0.25, 0.3) is 0 Å². The van der Waals surface area contributed by atoms with Gasteiger partial charge in [-0.05, 0) is 43.2 Å². The second kappa shape index (κ2) is 7.59. The Kier molecular flexibility index (Phi) is 5.06. The van der Waals surface area contributed by atoms with E-state index < -0.39 is 0 Å². The van der Waals surface area contributed by atoms with Crippen LogP contribution >= 0.6 is 0 Å². The molecule has 0 fully saturated rings. The molecule has 2 N–H and O–H groups in total. The van der Waals surface area contributed by atoms with Crippen molar-refractivity contribution in [3.05, 3.63) is 71.9 Å². The molecule has 0 radical (unpaired) electrons. The Labute approximate surface area is 143 Å². The first kappa shape index (κ1) is 16.0. The van der Waals surface area contributed by atoms with E-state index in [0.717, 1.165) is 35.6 Å². The standard InChI is InChI=1S/C20H22N4/c1-3-7-16-10-12-18(13-11-16)22-19-15(2)14-21-20(24-19)23-17-8-5-4-6-9-17/h4-6,8-14H,3,7H2,1-2H3,(H2,21,22,23,24). The highest BCUT2D eigenvalue weighted by Gasteiger charge is 2.05. The van der Waals surface area contributed by atoms with E-state index in [2.05, 4.69) is 51.8 Å². The maximum atomic E-state index is 4.59. The van der Waals surface area contributed by atoms with Gasteiger partial charge in [-0.25, -0.2) is 4.98 Å². The van der Waals surface area contributed by atoms with Crippen molar-refractivity contribution in [2.45, 2.75) is 26.7 Å². The highest BCUT2D eigenvalue weighted by Crippen LogP contribution is 2.21. The van der Waals surface area contributed by atoms with Crippen molar-refractivity contribution >= 4 is 23.1 Å². The minimum Gasteiger partial charge on any atom is -0.340 e. The molecule has 2 aromatic carbocycles. The van der Waals surface area contributed by atoms with Crippen LogP contribution in [0.4, 0.5) is 23.1 Å². The second-order valence-corrected chi connectivity index (χ2v) is 5.79. The van der Waals surface area contributed by atoms with E-state index in [1.807, 2.05) is 43.5 Å². The first-order valence-corrected chi connectivity index (χ1v) is 8.26. The summed E-state index contributed by atoms with van der Waals surface area (Å²) >= 11 is 0. The molecule has 0 aliphatic rings. The molecule has 4 nitrogen and oxygen atoms in total. The lowest BCUT2D eigenvalue weighted by atomic mass is 10.1. The van der Waals surface area contributed by atoms with Crippen LogP contribution in [-0.4, -0.2) is 9.97 Å². The van der Waals surface area contributed by atoms with Crippen molar-refractivity contribution < 1.29 is 0 Å². The van der Waals surface area contributed by atoms with Crippen LogP contribution in [0.5, 0.6) is 0 Å². The Morgan fingerprint density at radius 1 is 0.875 bits per heavy atom. The minimum atomic E-state index is 0.580. The predicted octanol–water partition coefficient (Wildman–Crippen LogP) is 5.22. The summed E-state index contributed by atoms with van der Waals surface area (Å²) < 4.78 is 0. The van der Waals surface area contributed by atoms with Crippen LogP contribution in [0.1, 0.15) is 24.5 Å². The van der Waals surface area contributed by atoms with Gasteiger partial charge < -0.3 is 10.6 Å². The number of para-hydroxylation sites is 1. The zero-order chi connectivity index (χ0) is 16.8. The Morgan fingerprint density at radius 3 is 2.29 bits per heavy atom.